The number of hydrogen-bond acceptors (Lipinski definition) is 3. The Morgan fingerprint density at radius 3 is 2.65 bits per heavy atom. The second kappa shape index (κ2) is 5.37. The van der Waals surface area contributed by atoms with Gasteiger partial charge in [0.25, 0.3) is 0 Å². The zero-order chi connectivity index (χ0) is 12.1. The fourth-order valence-corrected chi connectivity index (χ4v) is 2.54. The topological polar surface area (TPSA) is 53.8 Å². The van der Waals surface area contributed by atoms with Crippen LogP contribution >= 0.6 is 0 Å². The first-order valence-electron chi connectivity index (χ1n) is 5.08. The lowest BCUT2D eigenvalue weighted by Crippen LogP contribution is -2.00. The normalized spacial score (nSPS) is 11.7. The van der Waals surface area contributed by atoms with Gasteiger partial charge in [-0.3, -0.25) is 4.21 Å². The summed E-state index contributed by atoms with van der Waals surface area (Å²) in [7, 11) is -1.21. The van der Waals surface area contributed by atoms with Crippen LogP contribution in [0.5, 0.6) is 0 Å². The number of nitriles is 1. The molecule has 0 amide bonds. The zero-order valence-corrected chi connectivity index (χ0v) is 9.85. The van der Waals surface area contributed by atoms with E-state index in [0.29, 0.717) is 16.3 Å². The Balaban J connectivity index is 2.23. The molecule has 1 aromatic heterocycles. The monoisotopic (exact) mass is 242 g/mol. The van der Waals surface area contributed by atoms with Crippen molar-refractivity contribution in [2.45, 2.75) is 10.8 Å². The summed E-state index contributed by atoms with van der Waals surface area (Å²) in [5.41, 5.74) is 1.36. The summed E-state index contributed by atoms with van der Waals surface area (Å²) in [6.45, 7) is 0. The highest BCUT2D eigenvalue weighted by Crippen LogP contribution is 2.13. The Bertz CT molecular complexity index is 575. The first-order chi connectivity index (χ1) is 8.31. The molecule has 1 aromatic carbocycles. The third-order valence-electron chi connectivity index (χ3n) is 2.30. The largest absolute Gasteiger partial charge is 0.252 e. The van der Waals surface area contributed by atoms with Gasteiger partial charge >= 0.3 is 0 Å². The summed E-state index contributed by atoms with van der Waals surface area (Å²) >= 11 is 0. The molecule has 1 atom stereocenters. The quantitative estimate of drug-likeness (QED) is 0.829. The minimum atomic E-state index is -1.21. The molecule has 4 heteroatoms. The molecule has 84 valence electrons. The van der Waals surface area contributed by atoms with Gasteiger partial charge in [0.2, 0.25) is 0 Å². The third-order valence-corrected chi connectivity index (χ3v) is 3.58. The van der Waals surface area contributed by atoms with Crippen molar-refractivity contribution in [3.05, 3.63) is 59.8 Å². The molecule has 0 bridgehead atoms. The Morgan fingerprint density at radius 2 is 1.94 bits per heavy atom. The highest BCUT2D eigenvalue weighted by Gasteiger charge is 2.08. The van der Waals surface area contributed by atoms with E-state index in [9.17, 15) is 4.21 Å². The van der Waals surface area contributed by atoms with Crippen molar-refractivity contribution in [3.8, 4) is 6.07 Å². The van der Waals surface area contributed by atoms with Crippen LogP contribution in [0.4, 0.5) is 0 Å². The number of benzene rings is 1. The van der Waals surface area contributed by atoms with Crippen molar-refractivity contribution >= 4 is 10.8 Å². The minimum Gasteiger partial charge on any atom is -0.252 e. The van der Waals surface area contributed by atoms with Crippen molar-refractivity contribution in [1.82, 2.24) is 4.98 Å². The van der Waals surface area contributed by atoms with Gasteiger partial charge in [0.1, 0.15) is 5.03 Å². The number of rotatable bonds is 3. The molecular weight excluding hydrogens is 232 g/mol. The highest BCUT2D eigenvalue weighted by atomic mass is 32.2. The SMILES string of the molecule is N#Cc1ccccc1CS(=O)c1ccccn1. The molecule has 1 heterocycles. The Kier molecular flexibility index (Phi) is 3.63. The molecule has 0 aliphatic carbocycles. The molecule has 17 heavy (non-hydrogen) atoms. The first kappa shape index (κ1) is 11.5. The van der Waals surface area contributed by atoms with Crippen molar-refractivity contribution in [1.29, 1.82) is 5.26 Å². The lowest BCUT2D eigenvalue weighted by atomic mass is 10.1. The number of nitrogens with zero attached hydrogens (tertiary/aromatic N) is 2. The van der Waals surface area contributed by atoms with Gasteiger partial charge in [0.05, 0.1) is 28.2 Å². The lowest BCUT2D eigenvalue weighted by Gasteiger charge is -2.03. The maximum atomic E-state index is 12.0. The van der Waals surface area contributed by atoms with E-state index in [2.05, 4.69) is 11.1 Å². The van der Waals surface area contributed by atoms with Crippen LogP contribution < -0.4 is 0 Å². The van der Waals surface area contributed by atoms with Crippen molar-refractivity contribution in [2.24, 2.45) is 0 Å². The van der Waals surface area contributed by atoms with Gasteiger partial charge in [0, 0.05) is 6.20 Å². The van der Waals surface area contributed by atoms with Crippen LogP contribution in [0.1, 0.15) is 11.1 Å². The van der Waals surface area contributed by atoms with Crippen LogP contribution in [0.15, 0.2) is 53.7 Å². The molecule has 3 nitrogen and oxygen atoms in total. The highest BCUT2D eigenvalue weighted by molar-refractivity contribution is 7.84. The van der Waals surface area contributed by atoms with Crippen LogP contribution in [0, 0.1) is 11.3 Å². The molecule has 0 saturated heterocycles. The Morgan fingerprint density at radius 1 is 1.18 bits per heavy atom. The fourth-order valence-electron chi connectivity index (χ4n) is 1.45. The molecule has 0 spiro atoms. The smallest absolute Gasteiger partial charge is 0.127 e. The van der Waals surface area contributed by atoms with E-state index in [1.807, 2.05) is 12.1 Å². The molecule has 0 saturated carbocycles. The molecular formula is C13H10N2OS. The summed E-state index contributed by atoms with van der Waals surface area (Å²) in [6, 6.07) is 14.6. The molecule has 0 fully saturated rings. The van der Waals surface area contributed by atoms with Crippen molar-refractivity contribution < 1.29 is 4.21 Å². The van der Waals surface area contributed by atoms with Gasteiger partial charge in [0.15, 0.2) is 0 Å². The number of hydrogen-bond donors (Lipinski definition) is 0. The molecule has 2 rings (SSSR count). The second-order valence-corrected chi connectivity index (χ2v) is 4.82. The van der Waals surface area contributed by atoms with Gasteiger partial charge in [-0.25, -0.2) is 4.98 Å². The lowest BCUT2D eigenvalue weighted by molar-refractivity contribution is 0.680. The van der Waals surface area contributed by atoms with Crippen molar-refractivity contribution in [3.63, 3.8) is 0 Å². The maximum absolute atomic E-state index is 12.0. The van der Waals surface area contributed by atoms with E-state index < -0.39 is 10.8 Å². The summed E-state index contributed by atoms with van der Waals surface area (Å²) in [5, 5.41) is 9.48. The average molecular weight is 242 g/mol. The van der Waals surface area contributed by atoms with Gasteiger partial charge in [-0.15, -0.1) is 0 Å². The summed E-state index contributed by atoms with van der Waals surface area (Å²) in [4.78, 5) is 4.05. The van der Waals surface area contributed by atoms with Crippen LogP contribution in [0.2, 0.25) is 0 Å². The van der Waals surface area contributed by atoms with E-state index in [1.165, 1.54) is 0 Å². The standard InChI is InChI=1S/C13H10N2OS/c14-9-11-5-1-2-6-12(11)10-17(16)13-7-3-4-8-15-13/h1-8H,10H2. The molecule has 0 aliphatic heterocycles. The first-order valence-corrected chi connectivity index (χ1v) is 6.40. The fraction of sp³-hybridized carbons (Fsp3) is 0.0769. The Labute approximate surface area is 102 Å². The van der Waals surface area contributed by atoms with E-state index in [0.717, 1.165) is 5.56 Å². The van der Waals surface area contributed by atoms with Crippen LogP contribution in [-0.4, -0.2) is 9.19 Å². The van der Waals surface area contributed by atoms with E-state index in [1.54, 1.807) is 36.5 Å². The van der Waals surface area contributed by atoms with Crippen LogP contribution in [0.25, 0.3) is 0 Å². The predicted octanol–water partition coefficient (Wildman–Crippen LogP) is 2.26. The minimum absolute atomic E-state index is 0.320. The van der Waals surface area contributed by atoms with Gasteiger partial charge in [-0.1, -0.05) is 24.3 Å². The molecule has 0 aliphatic rings. The maximum Gasteiger partial charge on any atom is 0.127 e. The predicted molar refractivity (Wildman–Crippen MR) is 65.5 cm³/mol. The molecule has 0 radical (unpaired) electrons. The van der Waals surface area contributed by atoms with Crippen molar-refractivity contribution in [2.75, 3.05) is 0 Å². The number of aromatic nitrogens is 1. The summed E-state index contributed by atoms with van der Waals surface area (Å²) in [5.74, 6) is 0.320. The van der Waals surface area contributed by atoms with Gasteiger partial charge < -0.3 is 0 Å². The zero-order valence-electron chi connectivity index (χ0n) is 9.04. The van der Waals surface area contributed by atoms with E-state index in [-0.39, 0.29) is 0 Å². The van der Waals surface area contributed by atoms with Gasteiger partial charge in [-0.05, 0) is 23.8 Å². The summed E-state index contributed by atoms with van der Waals surface area (Å²) in [6.07, 6.45) is 1.61. The third kappa shape index (κ3) is 2.77. The van der Waals surface area contributed by atoms with Crippen LogP contribution in [0.3, 0.4) is 0 Å². The van der Waals surface area contributed by atoms with Gasteiger partial charge in [-0.2, -0.15) is 5.26 Å². The second-order valence-electron chi connectivity index (χ2n) is 3.43. The average Bonchev–Trinajstić information content (AvgIpc) is 2.40. The molecule has 0 N–H and O–H groups in total. The molecule has 1 unspecified atom stereocenters. The number of pyridine rings is 1. The van der Waals surface area contributed by atoms with E-state index in [4.69, 9.17) is 5.26 Å². The Hall–Kier alpha value is -1.99. The summed E-state index contributed by atoms with van der Waals surface area (Å²) < 4.78 is 12.0. The van der Waals surface area contributed by atoms with Crippen LogP contribution in [-0.2, 0) is 16.6 Å². The molecule has 2 aromatic rings. The van der Waals surface area contributed by atoms with E-state index >= 15 is 0 Å².